The van der Waals surface area contributed by atoms with E-state index in [0.29, 0.717) is 18.0 Å². The summed E-state index contributed by atoms with van der Waals surface area (Å²) < 4.78 is 2.30. The van der Waals surface area contributed by atoms with Crippen molar-refractivity contribution in [2.24, 2.45) is 0 Å². The first-order valence-corrected chi connectivity index (χ1v) is 11.4. The molecule has 0 bridgehead atoms. The molecule has 1 aliphatic carbocycles. The van der Waals surface area contributed by atoms with Crippen LogP contribution in [0.5, 0.6) is 0 Å². The predicted octanol–water partition coefficient (Wildman–Crippen LogP) is 4.89. The van der Waals surface area contributed by atoms with Crippen molar-refractivity contribution < 1.29 is 9.90 Å². The fourth-order valence-corrected chi connectivity index (χ4v) is 5.17. The fraction of sp³-hybridized carbons (Fsp3) is 0.350. The minimum absolute atomic E-state index is 0.641. The maximum atomic E-state index is 11.8. The maximum absolute atomic E-state index is 11.8. The Kier molecular flexibility index (Phi) is 5.41. The number of aliphatic carboxylic acids is 1. The van der Waals surface area contributed by atoms with Gasteiger partial charge in [0.2, 0.25) is 0 Å². The molecule has 5 nitrogen and oxygen atoms in total. The van der Waals surface area contributed by atoms with Gasteiger partial charge in [0.15, 0.2) is 5.16 Å². The molecule has 1 aliphatic rings. The van der Waals surface area contributed by atoms with Gasteiger partial charge in [-0.15, -0.1) is 10.2 Å². The summed E-state index contributed by atoms with van der Waals surface area (Å²) in [7, 11) is 0. The number of hydrogen-bond acceptors (Lipinski definition) is 4. The quantitative estimate of drug-likeness (QED) is 0.375. The first-order valence-electron chi connectivity index (χ1n) is 9.04. The van der Waals surface area contributed by atoms with E-state index < -0.39 is 10.7 Å². The molecular formula is C20H20IN3O2S. The van der Waals surface area contributed by atoms with Crippen molar-refractivity contribution in [3.63, 3.8) is 0 Å². The summed E-state index contributed by atoms with van der Waals surface area (Å²) in [6.45, 7) is 0. The summed E-state index contributed by atoms with van der Waals surface area (Å²) in [5.41, 5.74) is 2.34. The number of aryl methyl sites for hydroxylation is 1. The Bertz CT molecular complexity index is 984. The minimum Gasteiger partial charge on any atom is -0.480 e. The third-order valence-corrected chi connectivity index (χ3v) is 7.38. The van der Waals surface area contributed by atoms with E-state index in [-0.39, 0.29) is 0 Å². The molecule has 0 atom stereocenters. The zero-order valence-corrected chi connectivity index (χ0v) is 17.7. The van der Waals surface area contributed by atoms with E-state index in [1.54, 1.807) is 6.33 Å². The van der Waals surface area contributed by atoms with E-state index in [9.17, 15) is 9.90 Å². The van der Waals surface area contributed by atoms with E-state index in [0.717, 1.165) is 34.8 Å². The number of carboxylic acid groups (broad SMARTS) is 1. The van der Waals surface area contributed by atoms with Gasteiger partial charge in [-0.3, -0.25) is 9.36 Å². The van der Waals surface area contributed by atoms with E-state index in [4.69, 9.17) is 0 Å². The van der Waals surface area contributed by atoms with Crippen molar-refractivity contribution >= 4 is 51.1 Å². The van der Waals surface area contributed by atoms with E-state index in [2.05, 4.69) is 63.1 Å². The predicted molar refractivity (Wildman–Crippen MR) is 116 cm³/mol. The third kappa shape index (κ3) is 3.47. The molecule has 0 spiro atoms. The molecule has 0 unspecified atom stereocenters. The zero-order chi connectivity index (χ0) is 18.9. The number of hydrogen-bond donors (Lipinski definition) is 1. The Morgan fingerprint density at radius 2 is 2.00 bits per heavy atom. The number of benzene rings is 2. The molecule has 0 aliphatic heterocycles. The van der Waals surface area contributed by atoms with Crippen LogP contribution in [0.15, 0.2) is 47.9 Å². The lowest BCUT2D eigenvalue weighted by Gasteiger charge is -2.36. The highest BCUT2D eigenvalue weighted by Gasteiger charge is 2.46. The highest BCUT2D eigenvalue weighted by molar-refractivity contribution is 14.1. The average molecular weight is 493 g/mol. The number of thioether (sulfide) groups is 1. The van der Waals surface area contributed by atoms with Crippen LogP contribution >= 0.6 is 34.4 Å². The second-order valence-corrected chi connectivity index (χ2v) is 9.25. The van der Waals surface area contributed by atoms with Gasteiger partial charge in [0.1, 0.15) is 11.1 Å². The van der Waals surface area contributed by atoms with Crippen molar-refractivity contribution in [3.05, 3.63) is 48.3 Å². The molecule has 7 heteroatoms. The van der Waals surface area contributed by atoms with Gasteiger partial charge in [-0.1, -0.05) is 64.7 Å². The molecule has 140 valence electrons. The van der Waals surface area contributed by atoms with Crippen LogP contribution in [0.1, 0.15) is 31.2 Å². The van der Waals surface area contributed by atoms with Gasteiger partial charge in [0, 0.05) is 5.39 Å². The van der Waals surface area contributed by atoms with Gasteiger partial charge in [-0.25, -0.2) is 0 Å². The largest absolute Gasteiger partial charge is 0.480 e. The van der Waals surface area contributed by atoms with Gasteiger partial charge in [-0.05, 0) is 53.5 Å². The lowest BCUT2D eigenvalue weighted by atomic mass is 9.84. The zero-order valence-electron chi connectivity index (χ0n) is 14.8. The van der Waals surface area contributed by atoms with Gasteiger partial charge in [0.25, 0.3) is 0 Å². The second-order valence-electron chi connectivity index (χ2n) is 6.82. The van der Waals surface area contributed by atoms with Crippen molar-refractivity contribution in [3.8, 4) is 5.69 Å². The van der Waals surface area contributed by atoms with Gasteiger partial charge in [-0.2, -0.15) is 0 Å². The number of nitrogens with zero attached hydrogens (tertiary/aromatic N) is 3. The number of halogens is 1. The summed E-state index contributed by atoms with van der Waals surface area (Å²) in [6.07, 6.45) is 6.19. The summed E-state index contributed by atoms with van der Waals surface area (Å²) in [5.74, 6) is -0.757. The molecule has 1 N–H and O–H groups in total. The minimum atomic E-state index is -0.763. The standard InChI is InChI=1S/C20H20IN3O2S/c21-12-3-5-14-8-9-17(16-7-2-1-6-15(14)16)24-13-22-23-19(24)27-20(18(25)26)10-4-11-20/h1-2,6-9,13H,3-5,10-12H2,(H,25,26). The molecule has 27 heavy (non-hydrogen) atoms. The normalized spacial score (nSPS) is 15.6. The maximum Gasteiger partial charge on any atom is 0.320 e. The molecule has 1 saturated carbocycles. The van der Waals surface area contributed by atoms with Crippen LogP contribution in [0.3, 0.4) is 0 Å². The molecule has 1 aromatic heterocycles. The Labute approximate surface area is 175 Å². The van der Waals surface area contributed by atoms with E-state index in [1.807, 2.05) is 10.6 Å². The fourth-order valence-electron chi connectivity index (χ4n) is 3.52. The Balaban J connectivity index is 1.76. The van der Waals surface area contributed by atoms with Crippen LogP contribution in [0.2, 0.25) is 0 Å². The van der Waals surface area contributed by atoms with Gasteiger partial charge < -0.3 is 5.11 Å². The SMILES string of the molecule is O=C(O)C1(Sc2nncn2-c2ccc(CCCI)c3ccccc23)CCC1. The van der Waals surface area contributed by atoms with Crippen molar-refractivity contribution in [2.45, 2.75) is 42.0 Å². The van der Waals surface area contributed by atoms with Crippen molar-refractivity contribution in [1.82, 2.24) is 14.8 Å². The topological polar surface area (TPSA) is 68.0 Å². The van der Waals surface area contributed by atoms with Crippen LogP contribution in [0.25, 0.3) is 16.5 Å². The first kappa shape index (κ1) is 18.7. The van der Waals surface area contributed by atoms with Gasteiger partial charge >= 0.3 is 5.97 Å². The highest BCUT2D eigenvalue weighted by Crippen LogP contribution is 2.47. The second kappa shape index (κ2) is 7.79. The monoisotopic (exact) mass is 493 g/mol. The molecule has 0 radical (unpaired) electrons. The van der Waals surface area contributed by atoms with Crippen LogP contribution in [0.4, 0.5) is 0 Å². The van der Waals surface area contributed by atoms with Crippen LogP contribution in [-0.2, 0) is 11.2 Å². The number of alkyl halides is 1. The summed E-state index contributed by atoms with van der Waals surface area (Å²) >= 11 is 3.74. The number of aromatic nitrogens is 3. The van der Waals surface area contributed by atoms with Crippen LogP contribution in [0, 0.1) is 0 Å². The molecule has 1 heterocycles. The molecule has 0 amide bonds. The molecule has 2 aromatic carbocycles. The molecule has 4 rings (SSSR count). The average Bonchev–Trinajstić information content (AvgIpc) is 3.10. The van der Waals surface area contributed by atoms with Crippen LogP contribution in [-0.4, -0.2) is 35.0 Å². The number of carbonyl (C=O) groups is 1. The van der Waals surface area contributed by atoms with Gasteiger partial charge in [0.05, 0.1) is 5.69 Å². The van der Waals surface area contributed by atoms with Crippen LogP contribution < -0.4 is 0 Å². The molecular weight excluding hydrogens is 473 g/mol. The van der Waals surface area contributed by atoms with Crippen molar-refractivity contribution in [2.75, 3.05) is 4.43 Å². The summed E-state index contributed by atoms with van der Waals surface area (Å²) in [5, 5.41) is 21.0. The van der Waals surface area contributed by atoms with E-state index in [1.165, 1.54) is 22.7 Å². The molecule has 3 aromatic rings. The molecule has 1 fully saturated rings. The lowest BCUT2D eigenvalue weighted by molar-refractivity contribution is -0.142. The highest BCUT2D eigenvalue weighted by atomic mass is 127. The smallest absolute Gasteiger partial charge is 0.320 e. The van der Waals surface area contributed by atoms with E-state index >= 15 is 0 Å². The third-order valence-electron chi connectivity index (χ3n) is 5.18. The Morgan fingerprint density at radius 1 is 1.22 bits per heavy atom. The number of fused-ring (bicyclic) bond motifs is 1. The number of rotatable bonds is 7. The molecule has 0 saturated heterocycles. The number of carboxylic acids is 1. The Hall–Kier alpha value is -1.61. The summed E-state index contributed by atoms with van der Waals surface area (Å²) in [6, 6.07) is 12.7. The Morgan fingerprint density at radius 3 is 2.67 bits per heavy atom. The first-order chi connectivity index (χ1) is 13.1. The summed E-state index contributed by atoms with van der Waals surface area (Å²) in [4.78, 5) is 11.8. The lowest BCUT2D eigenvalue weighted by Crippen LogP contribution is -2.42. The van der Waals surface area contributed by atoms with Crippen molar-refractivity contribution in [1.29, 1.82) is 0 Å².